The summed E-state index contributed by atoms with van der Waals surface area (Å²) >= 11 is 0. The lowest BCUT2D eigenvalue weighted by Crippen LogP contribution is -2.39. The number of aromatic nitrogens is 2. The number of rotatable bonds is 4. The quantitative estimate of drug-likeness (QED) is 0.734. The van der Waals surface area contributed by atoms with Crippen LogP contribution in [0.2, 0.25) is 0 Å². The van der Waals surface area contributed by atoms with E-state index in [-0.39, 0.29) is 17.6 Å². The highest BCUT2D eigenvalue weighted by molar-refractivity contribution is 5.94. The Labute approximate surface area is 163 Å². The Kier molecular flexibility index (Phi) is 5.28. The molecule has 5 nitrogen and oxygen atoms in total. The summed E-state index contributed by atoms with van der Waals surface area (Å²) in [6.07, 6.45) is 3.63. The van der Waals surface area contributed by atoms with Crippen molar-refractivity contribution < 1.29 is 9.18 Å². The molecule has 1 aliphatic heterocycles. The molecule has 0 bridgehead atoms. The van der Waals surface area contributed by atoms with Gasteiger partial charge in [0.25, 0.3) is 5.91 Å². The number of amides is 1. The normalized spacial score (nSPS) is 16.6. The molecule has 0 radical (unpaired) electrons. The van der Waals surface area contributed by atoms with E-state index >= 15 is 0 Å². The summed E-state index contributed by atoms with van der Waals surface area (Å²) in [5, 5.41) is 3.10. The minimum atomic E-state index is -0.286. The molecule has 1 aliphatic rings. The van der Waals surface area contributed by atoms with Gasteiger partial charge < -0.3 is 10.2 Å². The summed E-state index contributed by atoms with van der Waals surface area (Å²) in [4.78, 5) is 23.5. The Balaban J connectivity index is 1.47. The number of anilines is 2. The summed E-state index contributed by atoms with van der Waals surface area (Å²) in [6.45, 7) is 1.40. The average molecular weight is 376 g/mol. The molecule has 3 aromatic rings. The van der Waals surface area contributed by atoms with Gasteiger partial charge in [-0.1, -0.05) is 18.2 Å². The third-order valence-corrected chi connectivity index (χ3v) is 4.93. The highest BCUT2D eigenvalue weighted by atomic mass is 19.1. The van der Waals surface area contributed by atoms with Crippen LogP contribution in [0.25, 0.3) is 0 Å². The van der Waals surface area contributed by atoms with E-state index in [0.717, 1.165) is 30.8 Å². The third kappa shape index (κ3) is 4.17. The van der Waals surface area contributed by atoms with Gasteiger partial charge in [0.05, 0.1) is 5.69 Å². The number of piperidine rings is 1. The molecule has 142 valence electrons. The smallest absolute Gasteiger partial charge is 0.253 e. The molecule has 6 heteroatoms. The van der Waals surface area contributed by atoms with Crippen molar-refractivity contribution in [1.82, 2.24) is 14.9 Å². The van der Waals surface area contributed by atoms with E-state index in [4.69, 9.17) is 0 Å². The second kappa shape index (κ2) is 8.17. The fourth-order valence-electron chi connectivity index (χ4n) is 3.49. The fraction of sp³-hybridized carbons (Fsp3) is 0.227. The number of likely N-dealkylation sites (tertiary alicyclic amines) is 1. The average Bonchev–Trinajstić information content (AvgIpc) is 2.76. The van der Waals surface area contributed by atoms with E-state index < -0.39 is 0 Å². The van der Waals surface area contributed by atoms with Crippen LogP contribution in [0, 0.1) is 5.82 Å². The molecule has 2 aromatic carbocycles. The first-order valence-electron chi connectivity index (χ1n) is 9.39. The van der Waals surface area contributed by atoms with Crippen LogP contribution < -0.4 is 5.32 Å². The Bertz CT molecular complexity index is 946. The topological polar surface area (TPSA) is 58.1 Å². The zero-order valence-corrected chi connectivity index (χ0v) is 15.4. The van der Waals surface area contributed by atoms with Crippen LogP contribution >= 0.6 is 0 Å². The number of nitrogens with one attached hydrogen (secondary N) is 1. The maximum atomic E-state index is 13.1. The Morgan fingerprint density at radius 3 is 2.64 bits per heavy atom. The van der Waals surface area contributed by atoms with E-state index in [0.29, 0.717) is 18.1 Å². The van der Waals surface area contributed by atoms with Crippen molar-refractivity contribution in [2.45, 2.75) is 18.8 Å². The number of hydrogen-bond donors (Lipinski definition) is 1. The van der Waals surface area contributed by atoms with Gasteiger partial charge in [0.1, 0.15) is 5.82 Å². The number of benzene rings is 2. The van der Waals surface area contributed by atoms with Crippen molar-refractivity contribution in [3.8, 4) is 0 Å². The van der Waals surface area contributed by atoms with E-state index in [1.165, 1.54) is 12.1 Å². The molecule has 0 spiro atoms. The van der Waals surface area contributed by atoms with Crippen molar-refractivity contribution >= 4 is 17.5 Å². The monoisotopic (exact) mass is 376 g/mol. The highest BCUT2D eigenvalue weighted by Crippen LogP contribution is 2.27. The molecule has 0 aliphatic carbocycles. The lowest BCUT2D eigenvalue weighted by Gasteiger charge is -2.32. The zero-order chi connectivity index (χ0) is 19.3. The number of hydrogen-bond acceptors (Lipinski definition) is 4. The molecular weight excluding hydrogens is 355 g/mol. The van der Waals surface area contributed by atoms with Gasteiger partial charge >= 0.3 is 0 Å². The maximum absolute atomic E-state index is 13.1. The molecule has 1 atom stereocenters. The Morgan fingerprint density at radius 1 is 1.07 bits per heavy atom. The second-order valence-corrected chi connectivity index (χ2v) is 6.89. The maximum Gasteiger partial charge on any atom is 0.253 e. The van der Waals surface area contributed by atoms with Crippen molar-refractivity contribution in [1.29, 1.82) is 0 Å². The minimum absolute atomic E-state index is 0.0593. The summed E-state index contributed by atoms with van der Waals surface area (Å²) in [5.41, 5.74) is 2.35. The minimum Gasteiger partial charge on any atom is -0.338 e. The van der Waals surface area contributed by atoms with Crippen LogP contribution in [-0.2, 0) is 0 Å². The van der Waals surface area contributed by atoms with Gasteiger partial charge in [-0.2, -0.15) is 0 Å². The fourth-order valence-corrected chi connectivity index (χ4v) is 3.49. The molecule has 0 saturated carbocycles. The van der Waals surface area contributed by atoms with Crippen molar-refractivity contribution in [3.05, 3.63) is 83.9 Å². The van der Waals surface area contributed by atoms with Gasteiger partial charge in [0.15, 0.2) is 0 Å². The van der Waals surface area contributed by atoms with Crippen LogP contribution in [0.3, 0.4) is 0 Å². The summed E-state index contributed by atoms with van der Waals surface area (Å²) in [5.74, 6) is 0.406. The van der Waals surface area contributed by atoms with E-state index in [1.807, 2.05) is 41.3 Å². The van der Waals surface area contributed by atoms with Gasteiger partial charge in [0, 0.05) is 36.5 Å². The Hall–Kier alpha value is -3.28. The molecule has 1 unspecified atom stereocenters. The molecule has 1 fully saturated rings. The lowest BCUT2D eigenvalue weighted by molar-refractivity contribution is 0.0706. The molecular formula is C22H21FN4O. The molecule has 1 aromatic heterocycles. The first-order valence-corrected chi connectivity index (χ1v) is 9.39. The van der Waals surface area contributed by atoms with E-state index in [1.54, 1.807) is 18.3 Å². The number of carbonyl (C=O) groups excluding carboxylic acids is 1. The molecule has 28 heavy (non-hydrogen) atoms. The first kappa shape index (κ1) is 18.1. The van der Waals surface area contributed by atoms with Crippen molar-refractivity contribution in [2.75, 3.05) is 18.4 Å². The predicted molar refractivity (Wildman–Crippen MR) is 106 cm³/mol. The van der Waals surface area contributed by atoms with Gasteiger partial charge in [-0.15, -0.1) is 0 Å². The zero-order valence-electron chi connectivity index (χ0n) is 15.4. The predicted octanol–water partition coefficient (Wildman–Crippen LogP) is 4.38. The Morgan fingerprint density at radius 2 is 1.86 bits per heavy atom. The van der Waals surface area contributed by atoms with Crippen LogP contribution in [0.5, 0.6) is 0 Å². The van der Waals surface area contributed by atoms with E-state index in [2.05, 4.69) is 15.3 Å². The van der Waals surface area contributed by atoms with Crippen LogP contribution in [0.4, 0.5) is 16.0 Å². The molecule has 4 rings (SSSR count). The van der Waals surface area contributed by atoms with E-state index in [9.17, 15) is 9.18 Å². The number of carbonyl (C=O) groups is 1. The van der Waals surface area contributed by atoms with Crippen molar-refractivity contribution in [3.63, 3.8) is 0 Å². The summed E-state index contributed by atoms with van der Waals surface area (Å²) < 4.78 is 13.1. The molecule has 1 saturated heterocycles. The number of nitrogens with zero attached hydrogens (tertiary/aromatic N) is 3. The van der Waals surface area contributed by atoms with Crippen LogP contribution in [-0.4, -0.2) is 33.9 Å². The summed E-state index contributed by atoms with van der Waals surface area (Å²) in [7, 11) is 0. The molecule has 1 amide bonds. The second-order valence-electron chi connectivity index (χ2n) is 6.89. The van der Waals surface area contributed by atoms with Crippen molar-refractivity contribution in [2.24, 2.45) is 0 Å². The molecule has 2 heterocycles. The summed E-state index contributed by atoms with van der Waals surface area (Å²) in [6, 6.07) is 17.3. The number of halogens is 1. The molecule has 1 N–H and O–H groups in total. The standard InChI is InChI=1S/C22H21FN4O/c23-18-8-10-19(11-9-18)25-22-24-13-12-20(26-22)17-7-4-14-27(15-17)21(28)16-5-2-1-3-6-16/h1-3,5-6,8-13,17H,4,7,14-15H2,(H,24,25,26). The lowest BCUT2D eigenvalue weighted by atomic mass is 9.94. The SMILES string of the molecule is O=C(c1ccccc1)N1CCCC(c2ccnc(Nc3ccc(F)cc3)n2)C1. The van der Waals surface area contributed by atoms with Gasteiger partial charge in [0.2, 0.25) is 5.95 Å². The highest BCUT2D eigenvalue weighted by Gasteiger charge is 2.26. The first-order chi connectivity index (χ1) is 13.7. The third-order valence-electron chi connectivity index (χ3n) is 4.93. The largest absolute Gasteiger partial charge is 0.338 e. The van der Waals surface area contributed by atoms with Gasteiger partial charge in [-0.3, -0.25) is 4.79 Å². The van der Waals surface area contributed by atoms with Gasteiger partial charge in [-0.05, 0) is 55.3 Å². The van der Waals surface area contributed by atoms with Crippen LogP contribution in [0.15, 0.2) is 66.9 Å². The van der Waals surface area contributed by atoms with Gasteiger partial charge in [-0.25, -0.2) is 14.4 Å². The van der Waals surface area contributed by atoms with Crippen LogP contribution in [0.1, 0.15) is 34.8 Å².